The molecule has 4 rings (SSSR count). The molecule has 0 aliphatic heterocycles. The molecule has 0 N–H and O–H groups in total. The highest BCUT2D eigenvalue weighted by atomic mass is 19.4. The summed E-state index contributed by atoms with van der Waals surface area (Å²) in [5.74, 6) is -2.61. The van der Waals surface area contributed by atoms with Crippen LogP contribution in [0.25, 0.3) is 22.3 Å². The minimum absolute atomic E-state index is 0.0987. The second-order valence-electron chi connectivity index (χ2n) is 10.1. The van der Waals surface area contributed by atoms with Gasteiger partial charge in [0, 0.05) is 4.53 Å². The lowest BCUT2D eigenvalue weighted by atomic mass is 9.95. The standard InChI is InChI=1S/C21H27FO.C13H6F6O/c1-4-5-6-7-12-23-20-13-16(2)21(17(3)14-20)19-10-8-18(15-22)9-11-19;14-10-5-8(6-11(15)12(10)13(16,17)18)7-1-3-9(20-19)4-2-7/h8-11,13-14H,4-7,12,15H2,1-3H3;1-6H. The average molecular weight is 607 g/mol. The summed E-state index contributed by atoms with van der Waals surface area (Å²) in [4.78, 5) is 3.42. The van der Waals surface area contributed by atoms with Gasteiger partial charge in [0.25, 0.3) is 0 Å². The van der Waals surface area contributed by atoms with Crippen LogP contribution in [0.2, 0.25) is 0 Å². The number of hydrogen-bond acceptors (Lipinski definition) is 2. The third-order valence-corrected chi connectivity index (χ3v) is 6.77. The van der Waals surface area contributed by atoms with E-state index in [0.29, 0.717) is 12.1 Å². The van der Waals surface area contributed by atoms with Crippen molar-refractivity contribution in [1.82, 2.24) is 0 Å². The molecule has 9 heteroatoms. The van der Waals surface area contributed by atoms with Gasteiger partial charge in [-0.15, -0.1) is 0 Å². The monoisotopic (exact) mass is 606 g/mol. The Morgan fingerprint density at radius 1 is 0.674 bits per heavy atom. The van der Waals surface area contributed by atoms with Crippen LogP contribution < -0.4 is 9.68 Å². The molecule has 0 amide bonds. The zero-order valence-electron chi connectivity index (χ0n) is 24.1. The van der Waals surface area contributed by atoms with Crippen LogP contribution >= 0.6 is 0 Å². The van der Waals surface area contributed by atoms with Crippen LogP contribution in [-0.2, 0) is 12.9 Å². The van der Waals surface area contributed by atoms with Gasteiger partial charge >= 0.3 is 6.18 Å². The first-order valence-corrected chi connectivity index (χ1v) is 13.8. The molecular formula is C34H33F7O2. The molecule has 0 aliphatic carbocycles. The lowest BCUT2D eigenvalue weighted by Gasteiger charge is -2.14. The summed E-state index contributed by atoms with van der Waals surface area (Å²) in [7, 11) is 0. The fourth-order valence-electron chi connectivity index (χ4n) is 4.65. The van der Waals surface area contributed by atoms with Crippen molar-refractivity contribution in [2.75, 3.05) is 6.61 Å². The third kappa shape index (κ3) is 9.24. The largest absolute Gasteiger partial charge is 0.494 e. The van der Waals surface area contributed by atoms with Crippen LogP contribution in [0.5, 0.6) is 11.5 Å². The molecule has 0 aliphatic rings. The smallest absolute Gasteiger partial charge is 0.422 e. The molecule has 0 spiro atoms. The second kappa shape index (κ2) is 15.5. The minimum atomic E-state index is -5.11. The highest BCUT2D eigenvalue weighted by molar-refractivity contribution is 5.72. The number of aryl methyl sites for hydroxylation is 2. The first kappa shape index (κ1) is 33.5. The number of rotatable bonds is 10. The fourth-order valence-corrected chi connectivity index (χ4v) is 4.65. The number of benzene rings is 4. The van der Waals surface area contributed by atoms with Crippen molar-refractivity contribution in [1.29, 1.82) is 0 Å². The van der Waals surface area contributed by atoms with E-state index in [9.17, 15) is 30.9 Å². The molecule has 230 valence electrons. The van der Waals surface area contributed by atoms with Crippen molar-refractivity contribution in [3.63, 3.8) is 0 Å². The Morgan fingerprint density at radius 3 is 1.72 bits per heavy atom. The Hall–Kier alpha value is -4.01. The van der Waals surface area contributed by atoms with Crippen molar-refractivity contribution in [3.05, 3.63) is 107 Å². The summed E-state index contributed by atoms with van der Waals surface area (Å²) >= 11 is 0. The molecule has 4 aromatic rings. The maximum absolute atomic E-state index is 13.4. The van der Waals surface area contributed by atoms with Crippen LogP contribution in [0, 0.1) is 25.5 Å². The predicted octanol–water partition coefficient (Wildman–Crippen LogP) is 11.3. The third-order valence-electron chi connectivity index (χ3n) is 6.77. The van der Waals surface area contributed by atoms with Crippen molar-refractivity contribution in [2.24, 2.45) is 0 Å². The van der Waals surface area contributed by atoms with E-state index in [-0.39, 0.29) is 16.9 Å². The van der Waals surface area contributed by atoms with E-state index in [0.717, 1.165) is 29.9 Å². The number of ether oxygens (including phenoxy) is 1. The lowest BCUT2D eigenvalue weighted by Crippen LogP contribution is -2.11. The highest BCUT2D eigenvalue weighted by Crippen LogP contribution is 2.36. The zero-order valence-corrected chi connectivity index (χ0v) is 24.1. The number of alkyl halides is 4. The Balaban J connectivity index is 0.000000238. The fraction of sp³-hybridized carbons (Fsp3) is 0.294. The van der Waals surface area contributed by atoms with Crippen molar-refractivity contribution in [3.8, 4) is 33.8 Å². The summed E-state index contributed by atoms with van der Waals surface area (Å²) in [6, 6.07) is 17.9. The molecule has 0 heterocycles. The SMILES string of the molecule is CCCCCCOc1cc(C)c(-c2ccc(CF)cc2)c(C)c1.FOc1ccc(-c2cc(F)c(C(F)(F)F)c(F)c2)cc1. The Kier molecular flexibility index (Phi) is 12.0. The summed E-state index contributed by atoms with van der Waals surface area (Å²) in [6.45, 7) is 6.80. The van der Waals surface area contributed by atoms with Gasteiger partial charge in [-0.2, -0.15) is 13.2 Å². The highest BCUT2D eigenvalue weighted by Gasteiger charge is 2.38. The van der Waals surface area contributed by atoms with Crippen molar-refractivity contribution >= 4 is 0 Å². The Bertz CT molecular complexity index is 1420. The average Bonchev–Trinajstić information content (AvgIpc) is 2.96. The van der Waals surface area contributed by atoms with Crippen LogP contribution in [-0.4, -0.2) is 6.61 Å². The maximum Gasteiger partial charge on any atom is 0.422 e. The second-order valence-corrected chi connectivity index (χ2v) is 10.1. The lowest BCUT2D eigenvalue weighted by molar-refractivity contribution is -0.142. The van der Waals surface area contributed by atoms with Gasteiger partial charge in [-0.1, -0.05) is 62.6 Å². The zero-order chi connectivity index (χ0) is 31.6. The summed E-state index contributed by atoms with van der Waals surface area (Å²) in [5.41, 5.74) is 3.64. The first-order chi connectivity index (χ1) is 20.5. The normalized spacial score (nSPS) is 11.1. The van der Waals surface area contributed by atoms with Crippen molar-refractivity contribution in [2.45, 2.75) is 59.3 Å². The van der Waals surface area contributed by atoms with Gasteiger partial charge in [-0.25, -0.2) is 13.2 Å². The number of hydrogen-bond donors (Lipinski definition) is 0. The van der Waals surface area contributed by atoms with E-state index in [1.807, 2.05) is 24.3 Å². The molecule has 0 bridgehead atoms. The molecule has 0 aromatic heterocycles. The molecule has 0 saturated heterocycles. The minimum Gasteiger partial charge on any atom is -0.494 e. The molecule has 0 unspecified atom stereocenters. The van der Waals surface area contributed by atoms with Gasteiger partial charge < -0.3 is 4.74 Å². The van der Waals surface area contributed by atoms with Crippen LogP contribution in [0.1, 0.15) is 54.9 Å². The molecular weight excluding hydrogens is 573 g/mol. The summed E-state index contributed by atoms with van der Waals surface area (Å²) in [6.07, 6.45) is -0.256. The number of unbranched alkanes of at least 4 members (excludes halogenated alkanes) is 3. The van der Waals surface area contributed by atoms with Crippen LogP contribution in [0.4, 0.5) is 30.9 Å². The molecule has 0 saturated carbocycles. The van der Waals surface area contributed by atoms with Gasteiger partial charge in [0.15, 0.2) is 5.75 Å². The molecule has 43 heavy (non-hydrogen) atoms. The van der Waals surface area contributed by atoms with E-state index in [4.69, 9.17) is 4.74 Å². The summed E-state index contributed by atoms with van der Waals surface area (Å²) in [5, 5.41) is 0. The topological polar surface area (TPSA) is 18.5 Å². The van der Waals surface area contributed by atoms with Gasteiger partial charge in [-0.3, -0.25) is 4.94 Å². The first-order valence-electron chi connectivity index (χ1n) is 13.8. The molecule has 4 aromatic carbocycles. The Labute approximate surface area is 247 Å². The van der Waals surface area contributed by atoms with Gasteiger partial charge in [-0.05, 0) is 95.6 Å². The van der Waals surface area contributed by atoms with E-state index >= 15 is 0 Å². The predicted molar refractivity (Wildman–Crippen MR) is 154 cm³/mol. The van der Waals surface area contributed by atoms with E-state index < -0.39 is 30.0 Å². The van der Waals surface area contributed by atoms with Crippen LogP contribution in [0.15, 0.2) is 72.8 Å². The summed E-state index contributed by atoms with van der Waals surface area (Å²) < 4.78 is 94.4. The molecule has 0 radical (unpaired) electrons. The molecule has 0 atom stereocenters. The van der Waals surface area contributed by atoms with E-state index in [2.05, 4.69) is 37.8 Å². The van der Waals surface area contributed by atoms with Gasteiger partial charge in [0.05, 0.1) is 6.61 Å². The molecule has 2 nitrogen and oxygen atoms in total. The quantitative estimate of drug-likeness (QED) is 0.132. The maximum atomic E-state index is 13.4. The van der Waals surface area contributed by atoms with Gasteiger partial charge in [0.2, 0.25) is 0 Å². The van der Waals surface area contributed by atoms with Crippen LogP contribution in [0.3, 0.4) is 0 Å². The Morgan fingerprint density at radius 2 is 1.23 bits per heavy atom. The van der Waals surface area contributed by atoms with E-state index in [1.54, 1.807) is 0 Å². The number of halogens is 7. The molecule has 0 fully saturated rings. The van der Waals surface area contributed by atoms with Crippen molar-refractivity contribution < 1.29 is 40.5 Å². The van der Waals surface area contributed by atoms with E-state index in [1.165, 1.54) is 60.2 Å². The van der Waals surface area contributed by atoms with Gasteiger partial charge in [0.1, 0.15) is 29.6 Å².